The smallest absolute Gasteiger partial charge is 0.410 e. The van der Waals surface area contributed by atoms with Crippen LogP contribution in [0.5, 0.6) is 0 Å². The first kappa shape index (κ1) is 26.3. The zero-order chi connectivity index (χ0) is 25.9. The summed E-state index contributed by atoms with van der Waals surface area (Å²) >= 11 is 0. The summed E-state index contributed by atoms with van der Waals surface area (Å²) < 4.78 is 5.51. The minimum Gasteiger partial charge on any atom is -0.444 e. The van der Waals surface area contributed by atoms with Crippen LogP contribution in [-0.4, -0.2) is 92.2 Å². The molecular formula is C27H41N5O4. The van der Waals surface area contributed by atoms with Gasteiger partial charge in [-0.1, -0.05) is 0 Å². The van der Waals surface area contributed by atoms with E-state index in [2.05, 4.69) is 39.4 Å². The monoisotopic (exact) mass is 499 g/mol. The molecule has 3 saturated heterocycles. The summed E-state index contributed by atoms with van der Waals surface area (Å²) in [6, 6.07) is 8.09. The highest BCUT2D eigenvalue weighted by atomic mass is 16.6. The minimum atomic E-state index is -0.452. The number of rotatable bonds is 5. The Balaban J connectivity index is 1.20. The van der Waals surface area contributed by atoms with Crippen molar-refractivity contribution in [3.63, 3.8) is 0 Å². The van der Waals surface area contributed by atoms with Crippen LogP contribution in [0.1, 0.15) is 46.5 Å². The van der Waals surface area contributed by atoms with Crippen molar-refractivity contribution in [3.05, 3.63) is 24.3 Å². The van der Waals surface area contributed by atoms with Gasteiger partial charge in [0.15, 0.2) is 0 Å². The van der Waals surface area contributed by atoms with Crippen LogP contribution in [0.2, 0.25) is 0 Å². The maximum atomic E-state index is 12.3. The van der Waals surface area contributed by atoms with Crippen LogP contribution in [0, 0.1) is 5.92 Å². The Kier molecular flexibility index (Phi) is 8.07. The fourth-order valence-electron chi connectivity index (χ4n) is 5.31. The van der Waals surface area contributed by atoms with Gasteiger partial charge in [-0.05, 0) is 70.2 Å². The molecule has 9 nitrogen and oxygen atoms in total. The maximum Gasteiger partial charge on any atom is 0.410 e. The van der Waals surface area contributed by atoms with Crippen molar-refractivity contribution < 1.29 is 19.1 Å². The highest BCUT2D eigenvalue weighted by Crippen LogP contribution is 2.27. The lowest BCUT2D eigenvalue weighted by Crippen LogP contribution is -2.51. The number of likely N-dealkylation sites (N-methyl/N-ethyl adjacent to an activating group) is 1. The molecule has 4 rings (SSSR count). The molecule has 1 N–H and O–H groups in total. The molecule has 1 atom stereocenters. The van der Waals surface area contributed by atoms with Gasteiger partial charge in [-0.15, -0.1) is 0 Å². The standard InChI is InChI=1S/C27H41N5O4/c1-27(2,3)36-26(35)32-17-15-30(16-18-32)19-20-11-13-31(14-12-20)22-7-5-21(6-8-22)29(4)23-9-10-24(33)28-25(23)34/h5-8,20,23H,9-19H2,1-4H3,(H,28,33,34). The van der Waals surface area contributed by atoms with Gasteiger partial charge in [-0.2, -0.15) is 0 Å². The molecule has 3 heterocycles. The first-order chi connectivity index (χ1) is 17.1. The van der Waals surface area contributed by atoms with Crippen molar-refractivity contribution in [3.8, 4) is 0 Å². The van der Waals surface area contributed by atoms with E-state index in [-0.39, 0.29) is 23.9 Å². The van der Waals surface area contributed by atoms with E-state index in [1.54, 1.807) is 0 Å². The fraction of sp³-hybridized carbons (Fsp3) is 0.667. The van der Waals surface area contributed by atoms with E-state index in [4.69, 9.17) is 4.74 Å². The largest absolute Gasteiger partial charge is 0.444 e. The normalized spacial score (nSPS) is 22.4. The SMILES string of the molecule is CN(c1ccc(N2CCC(CN3CCN(C(=O)OC(C)(C)C)CC3)CC2)cc1)C1CCC(=O)NC1=O. The summed E-state index contributed by atoms with van der Waals surface area (Å²) in [4.78, 5) is 44.6. The van der Waals surface area contributed by atoms with Gasteiger partial charge in [-0.3, -0.25) is 19.8 Å². The van der Waals surface area contributed by atoms with Gasteiger partial charge < -0.3 is 19.4 Å². The number of nitrogens with zero attached hydrogens (tertiary/aromatic N) is 4. The highest BCUT2D eigenvalue weighted by molar-refractivity contribution is 6.01. The van der Waals surface area contributed by atoms with Gasteiger partial charge >= 0.3 is 6.09 Å². The third-order valence-corrected chi connectivity index (χ3v) is 7.45. The first-order valence-corrected chi connectivity index (χ1v) is 13.2. The number of hydrogen-bond acceptors (Lipinski definition) is 7. The zero-order valence-electron chi connectivity index (χ0n) is 22.2. The molecule has 1 aromatic carbocycles. The number of benzene rings is 1. The number of ether oxygens (including phenoxy) is 1. The molecule has 36 heavy (non-hydrogen) atoms. The molecule has 3 amide bonds. The number of piperazine rings is 1. The van der Waals surface area contributed by atoms with Crippen LogP contribution >= 0.6 is 0 Å². The van der Waals surface area contributed by atoms with Crippen LogP contribution in [0.25, 0.3) is 0 Å². The van der Waals surface area contributed by atoms with Gasteiger partial charge in [0.2, 0.25) is 11.8 Å². The number of nitrogens with one attached hydrogen (secondary N) is 1. The van der Waals surface area contributed by atoms with E-state index in [0.717, 1.165) is 64.3 Å². The van der Waals surface area contributed by atoms with Crippen molar-refractivity contribution in [1.82, 2.24) is 15.1 Å². The van der Waals surface area contributed by atoms with Crippen molar-refractivity contribution in [2.24, 2.45) is 5.92 Å². The lowest BCUT2D eigenvalue weighted by atomic mass is 9.95. The van der Waals surface area contributed by atoms with Gasteiger partial charge in [0.05, 0.1) is 0 Å². The van der Waals surface area contributed by atoms with Crippen LogP contribution in [-0.2, 0) is 14.3 Å². The topological polar surface area (TPSA) is 85.4 Å². The molecule has 1 unspecified atom stereocenters. The number of carbonyl (C=O) groups excluding carboxylic acids is 3. The minimum absolute atomic E-state index is 0.188. The van der Waals surface area contributed by atoms with E-state index >= 15 is 0 Å². The second-order valence-corrected chi connectivity index (χ2v) is 11.3. The predicted octanol–water partition coefficient (Wildman–Crippen LogP) is 2.70. The predicted molar refractivity (Wildman–Crippen MR) is 140 cm³/mol. The fourth-order valence-corrected chi connectivity index (χ4v) is 5.31. The summed E-state index contributed by atoms with van der Waals surface area (Å²) in [6.45, 7) is 12.1. The van der Waals surface area contributed by atoms with Crippen LogP contribution in [0.3, 0.4) is 0 Å². The molecule has 1 aromatic rings. The zero-order valence-corrected chi connectivity index (χ0v) is 22.2. The third-order valence-electron chi connectivity index (χ3n) is 7.45. The summed E-state index contributed by atoms with van der Waals surface area (Å²) in [5.74, 6) is 0.268. The second-order valence-electron chi connectivity index (χ2n) is 11.3. The van der Waals surface area contributed by atoms with Crippen molar-refractivity contribution >= 4 is 29.3 Å². The maximum absolute atomic E-state index is 12.3. The summed E-state index contributed by atoms with van der Waals surface area (Å²) in [6.07, 6.45) is 3.04. The van der Waals surface area contributed by atoms with Crippen molar-refractivity contribution in [1.29, 1.82) is 0 Å². The lowest BCUT2D eigenvalue weighted by Gasteiger charge is -2.39. The Labute approximate surface area is 214 Å². The van der Waals surface area contributed by atoms with Gasteiger partial charge in [-0.25, -0.2) is 4.79 Å². The van der Waals surface area contributed by atoms with Crippen LogP contribution in [0.15, 0.2) is 24.3 Å². The molecule has 9 heteroatoms. The number of anilines is 2. The molecule has 0 spiro atoms. The van der Waals surface area contributed by atoms with Gasteiger partial charge in [0.1, 0.15) is 11.6 Å². The molecule has 3 aliphatic rings. The number of carbonyl (C=O) groups is 3. The molecular weight excluding hydrogens is 458 g/mol. The van der Waals surface area contributed by atoms with E-state index in [1.807, 2.05) is 37.6 Å². The first-order valence-electron chi connectivity index (χ1n) is 13.2. The molecule has 0 saturated carbocycles. The number of piperidine rings is 2. The lowest BCUT2D eigenvalue weighted by molar-refractivity contribution is -0.134. The van der Waals surface area contributed by atoms with Crippen molar-refractivity contribution in [2.75, 3.05) is 62.7 Å². The molecule has 0 bridgehead atoms. The molecule has 0 aliphatic carbocycles. The number of imide groups is 1. The van der Waals surface area contributed by atoms with Gasteiger partial charge in [0, 0.05) is 70.7 Å². The summed E-state index contributed by atoms with van der Waals surface area (Å²) in [5, 5.41) is 2.44. The second kappa shape index (κ2) is 11.1. The summed E-state index contributed by atoms with van der Waals surface area (Å²) in [7, 11) is 1.91. The number of amides is 3. The highest BCUT2D eigenvalue weighted by Gasteiger charge is 2.31. The van der Waals surface area contributed by atoms with E-state index in [9.17, 15) is 14.4 Å². The average Bonchev–Trinajstić information content (AvgIpc) is 2.84. The van der Waals surface area contributed by atoms with E-state index in [0.29, 0.717) is 18.8 Å². The quantitative estimate of drug-likeness (QED) is 0.624. The average molecular weight is 500 g/mol. The third kappa shape index (κ3) is 6.69. The number of hydrogen-bond donors (Lipinski definition) is 1. The Hall–Kier alpha value is -2.81. The molecule has 198 valence electrons. The Bertz CT molecular complexity index is 928. The van der Waals surface area contributed by atoms with E-state index < -0.39 is 5.60 Å². The van der Waals surface area contributed by atoms with E-state index in [1.165, 1.54) is 5.69 Å². The molecule has 0 radical (unpaired) electrons. The Morgan fingerprint density at radius 2 is 1.64 bits per heavy atom. The molecule has 3 aliphatic heterocycles. The Morgan fingerprint density at radius 1 is 1.00 bits per heavy atom. The van der Waals surface area contributed by atoms with Gasteiger partial charge in [0.25, 0.3) is 0 Å². The van der Waals surface area contributed by atoms with Crippen LogP contribution in [0.4, 0.5) is 16.2 Å². The summed E-state index contributed by atoms with van der Waals surface area (Å²) in [5.41, 5.74) is 1.74. The molecule has 0 aromatic heterocycles. The van der Waals surface area contributed by atoms with Crippen molar-refractivity contribution in [2.45, 2.75) is 58.1 Å². The van der Waals surface area contributed by atoms with Crippen LogP contribution < -0.4 is 15.1 Å². The Morgan fingerprint density at radius 3 is 2.22 bits per heavy atom. The molecule has 3 fully saturated rings.